The summed E-state index contributed by atoms with van der Waals surface area (Å²) in [4.78, 5) is 5.98. The minimum absolute atomic E-state index is 0.163. The maximum absolute atomic E-state index is 14.7. The Hall–Kier alpha value is -2.00. The normalized spacial score (nSPS) is 14.4. The highest BCUT2D eigenvalue weighted by Crippen LogP contribution is 2.30. The van der Waals surface area contributed by atoms with Gasteiger partial charge in [0.25, 0.3) is 0 Å². The Bertz CT molecular complexity index is 1150. The fraction of sp³-hybridized carbons (Fsp3) is 0.318. The molecule has 1 fully saturated rings. The first-order valence-electron chi connectivity index (χ1n) is 10.0. The molecule has 2 heterocycles. The van der Waals surface area contributed by atoms with E-state index in [1.807, 2.05) is 18.2 Å². The minimum Gasteiger partial charge on any atom is -0.380 e. The molecule has 0 atom stereocenters. The number of aromatic nitrogens is 1. The van der Waals surface area contributed by atoms with Crippen LogP contribution in [0.4, 0.5) is 10.1 Å². The molecule has 0 unspecified atom stereocenters. The first-order chi connectivity index (χ1) is 14.9. The first-order valence-corrected chi connectivity index (χ1v) is 13.0. The summed E-state index contributed by atoms with van der Waals surface area (Å²) in [6, 6.07) is 10.5. The highest BCUT2D eigenvalue weighted by molar-refractivity contribution is 7.90. The summed E-state index contributed by atoms with van der Waals surface area (Å²) < 4.78 is 39.9. The third-order valence-electron chi connectivity index (χ3n) is 5.41. The number of rotatable bonds is 9. The Balaban J connectivity index is 1.47. The van der Waals surface area contributed by atoms with Gasteiger partial charge in [0.05, 0.1) is 27.7 Å². The van der Waals surface area contributed by atoms with Crippen molar-refractivity contribution in [2.24, 2.45) is 0 Å². The van der Waals surface area contributed by atoms with Gasteiger partial charge in [-0.15, -0.1) is 11.3 Å². The lowest BCUT2D eigenvalue weighted by Crippen LogP contribution is -2.38. The van der Waals surface area contributed by atoms with Crippen molar-refractivity contribution >= 4 is 38.5 Å². The standard InChI is InChI=1S/C22H23ClFN3O2S2/c23-19-10-22(31(28,29)14-18-13-30-15-26-18)20(24)11-21(19)25-12-17-5-2-1-4-16(17)6-9-27-7-3-8-27/h1-2,4-5,10-11,13,15,25H,3,6-9,12,14H2. The van der Waals surface area contributed by atoms with E-state index in [4.69, 9.17) is 11.6 Å². The molecule has 0 radical (unpaired) electrons. The molecule has 1 saturated heterocycles. The zero-order chi connectivity index (χ0) is 21.8. The van der Waals surface area contributed by atoms with Crippen LogP contribution in [0.1, 0.15) is 23.2 Å². The van der Waals surface area contributed by atoms with Gasteiger partial charge in [0, 0.05) is 18.5 Å². The molecule has 1 aliphatic heterocycles. The van der Waals surface area contributed by atoms with Gasteiger partial charge in [0.2, 0.25) is 0 Å². The molecule has 1 aromatic heterocycles. The summed E-state index contributed by atoms with van der Waals surface area (Å²) in [6.45, 7) is 3.82. The average Bonchev–Trinajstić information content (AvgIpc) is 3.20. The second-order valence-corrected chi connectivity index (χ2v) is 10.7. The Morgan fingerprint density at radius 3 is 2.65 bits per heavy atom. The minimum atomic E-state index is -3.89. The number of thiazole rings is 1. The topological polar surface area (TPSA) is 62.3 Å². The molecule has 0 spiro atoms. The lowest BCUT2D eigenvalue weighted by atomic mass is 10.0. The smallest absolute Gasteiger partial charge is 0.187 e. The average molecular weight is 480 g/mol. The molecular formula is C22H23ClFN3O2S2. The molecule has 0 amide bonds. The van der Waals surface area contributed by atoms with Crippen molar-refractivity contribution in [2.45, 2.75) is 30.0 Å². The maximum atomic E-state index is 14.7. The predicted molar refractivity (Wildman–Crippen MR) is 123 cm³/mol. The number of hydrogen-bond acceptors (Lipinski definition) is 6. The highest BCUT2D eigenvalue weighted by Gasteiger charge is 2.23. The van der Waals surface area contributed by atoms with Crippen LogP contribution in [-0.4, -0.2) is 37.9 Å². The Kier molecular flexibility index (Phi) is 6.91. The number of hydrogen-bond donors (Lipinski definition) is 1. The third kappa shape index (κ3) is 5.44. The van der Waals surface area contributed by atoms with Crippen LogP contribution in [0.2, 0.25) is 5.02 Å². The number of benzene rings is 2. The molecule has 164 valence electrons. The van der Waals surface area contributed by atoms with Crippen molar-refractivity contribution in [3.63, 3.8) is 0 Å². The second kappa shape index (κ2) is 9.65. The van der Waals surface area contributed by atoms with Crippen LogP contribution in [0, 0.1) is 5.82 Å². The summed E-state index contributed by atoms with van der Waals surface area (Å²) in [5.41, 5.74) is 4.64. The van der Waals surface area contributed by atoms with Gasteiger partial charge in [-0.3, -0.25) is 0 Å². The number of likely N-dealkylation sites (tertiary alicyclic amines) is 1. The van der Waals surface area contributed by atoms with E-state index >= 15 is 0 Å². The lowest BCUT2D eigenvalue weighted by molar-refractivity contribution is 0.184. The van der Waals surface area contributed by atoms with E-state index in [2.05, 4.69) is 21.3 Å². The first kappa shape index (κ1) is 22.2. The third-order valence-corrected chi connectivity index (χ3v) is 8.02. The molecule has 5 nitrogen and oxygen atoms in total. The number of sulfone groups is 1. The number of nitrogens with one attached hydrogen (secondary N) is 1. The Labute approximate surface area is 190 Å². The zero-order valence-corrected chi connectivity index (χ0v) is 19.2. The van der Waals surface area contributed by atoms with E-state index in [9.17, 15) is 12.8 Å². The lowest BCUT2D eigenvalue weighted by Gasteiger charge is -2.30. The molecule has 0 bridgehead atoms. The molecule has 1 aliphatic rings. The van der Waals surface area contributed by atoms with Gasteiger partial charge in [-0.2, -0.15) is 0 Å². The molecule has 2 aromatic carbocycles. The van der Waals surface area contributed by atoms with Crippen molar-refractivity contribution in [1.82, 2.24) is 9.88 Å². The van der Waals surface area contributed by atoms with E-state index in [0.717, 1.165) is 37.7 Å². The van der Waals surface area contributed by atoms with Gasteiger partial charge in [-0.1, -0.05) is 35.9 Å². The van der Waals surface area contributed by atoms with Gasteiger partial charge in [-0.25, -0.2) is 17.8 Å². The number of anilines is 1. The van der Waals surface area contributed by atoms with Crippen LogP contribution in [0.25, 0.3) is 0 Å². The largest absolute Gasteiger partial charge is 0.380 e. The summed E-state index contributed by atoms with van der Waals surface area (Å²) in [5, 5.41) is 4.95. The summed E-state index contributed by atoms with van der Waals surface area (Å²) in [6.07, 6.45) is 2.22. The fourth-order valence-corrected chi connectivity index (χ4v) is 5.85. The van der Waals surface area contributed by atoms with Gasteiger partial charge in [0.1, 0.15) is 10.7 Å². The van der Waals surface area contributed by atoms with Gasteiger partial charge < -0.3 is 10.2 Å². The van der Waals surface area contributed by atoms with E-state index in [-0.39, 0.29) is 10.8 Å². The molecule has 31 heavy (non-hydrogen) atoms. The van der Waals surface area contributed by atoms with Crippen LogP contribution >= 0.6 is 22.9 Å². The van der Waals surface area contributed by atoms with Crippen molar-refractivity contribution in [2.75, 3.05) is 25.0 Å². The van der Waals surface area contributed by atoms with Crippen LogP contribution < -0.4 is 5.32 Å². The zero-order valence-electron chi connectivity index (χ0n) is 16.9. The van der Waals surface area contributed by atoms with Gasteiger partial charge in [-0.05, 0) is 49.2 Å². The van der Waals surface area contributed by atoms with Crippen molar-refractivity contribution in [3.8, 4) is 0 Å². The maximum Gasteiger partial charge on any atom is 0.187 e. The molecule has 9 heteroatoms. The predicted octanol–water partition coefficient (Wildman–Crippen LogP) is 4.77. The van der Waals surface area contributed by atoms with E-state index < -0.39 is 20.5 Å². The van der Waals surface area contributed by atoms with Crippen LogP contribution in [-0.2, 0) is 28.6 Å². The van der Waals surface area contributed by atoms with E-state index in [1.165, 1.54) is 29.4 Å². The SMILES string of the molecule is O=S(=O)(Cc1cscn1)c1cc(Cl)c(NCc2ccccc2CCN2CCC2)cc1F. The van der Waals surface area contributed by atoms with Crippen molar-refractivity contribution < 1.29 is 12.8 Å². The number of halogens is 2. The van der Waals surface area contributed by atoms with E-state index in [1.54, 1.807) is 10.9 Å². The monoisotopic (exact) mass is 479 g/mol. The fourth-order valence-electron chi connectivity index (χ4n) is 3.53. The second-order valence-electron chi connectivity index (χ2n) is 7.57. The van der Waals surface area contributed by atoms with Crippen LogP contribution in [0.3, 0.4) is 0 Å². The van der Waals surface area contributed by atoms with Gasteiger partial charge in [0.15, 0.2) is 9.84 Å². The van der Waals surface area contributed by atoms with Crippen molar-refractivity contribution in [3.05, 3.63) is 74.9 Å². The summed E-state index contributed by atoms with van der Waals surface area (Å²) in [5.74, 6) is -1.19. The van der Waals surface area contributed by atoms with Crippen LogP contribution in [0.5, 0.6) is 0 Å². The Morgan fingerprint density at radius 2 is 1.97 bits per heavy atom. The summed E-state index contributed by atoms with van der Waals surface area (Å²) >= 11 is 7.60. The number of nitrogens with zero attached hydrogens (tertiary/aromatic N) is 2. The van der Waals surface area contributed by atoms with Gasteiger partial charge >= 0.3 is 0 Å². The molecular weight excluding hydrogens is 457 g/mol. The van der Waals surface area contributed by atoms with Crippen molar-refractivity contribution in [1.29, 1.82) is 0 Å². The molecule has 1 N–H and O–H groups in total. The molecule has 0 saturated carbocycles. The highest BCUT2D eigenvalue weighted by atomic mass is 35.5. The summed E-state index contributed by atoms with van der Waals surface area (Å²) in [7, 11) is -3.89. The van der Waals surface area contributed by atoms with E-state index in [0.29, 0.717) is 17.9 Å². The quantitative estimate of drug-likeness (QED) is 0.479. The van der Waals surface area contributed by atoms with Crippen LogP contribution in [0.15, 0.2) is 52.2 Å². The molecule has 0 aliphatic carbocycles. The molecule has 3 aromatic rings. The Morgan fingerprint density at radius 1 is 1.19 bits per heavy atom. The molecule has 4 rings (SSSR count).